The van der Waals surface area contributed by atoms with E-state index in [2.05, 4.69) is 10.1 Å². The van der Waals surface area contributed by atoms with E-state index in [0.29, 0.717) is 0 Å². The number of aromatic nitrogens is 1. The van der Waals surface area contributed by atoms with Gasteiger partial charge >= 0.3 is 5.69 Å². The highest BCUT2D eigenvalue weighted by Crippen LogP contribution is 2.34. The molecule has 0 spiro atoms. The van der Waals surface area contributed by atoms with Gasteiger partial charge in [-0.05, 0) is 12.5 Å². The van der Waals surface area contributed by atoms with Gasteiger partial charge in [0, 0.05) is 6.20 Å². The maximum absolute atomic E-state index is 12.6. The first-order valence-corrected chi connectivity index (χ1v) is 5.65. The van der Waals surface area contributed by atoms with Crippen molar-refractivity contribution in [1.29, 1.82) is 0 Å². The molecule has 1 heterocycles. The number of primary sulfonamides is 1. The van der Waals surface area contributed by atoms with E-state index in [1.54, 1.807) is 0 Å². The second-order valence-electron chi connectivity index (χ2n) is 3.11. The number of sulfonamides is 1. The van der Waals surface area contributed by atoms with Crippen molar-refractivity contribution in [2.45, 2.75) is 18.4 Å². The number of hydrogen-bond donors (Lipinski definition) is 1. The fourth-order valence-electron chi connectivity index (χ4n) is 1.25. The first kappa shape index (κ1) is 13.4. The average Bonchev–Trinajstić information content (AvgIpc) is 2.14. The third kappa shape index (κ3) is 2.53. The Morgan fingerprint density at radius 3 is 2.41 bits per heavy atom. The van der Waals surface area contributed by atoms with Gasteiger partial charge < -0.3 is 0 Å². The molecule has 0 saturated carbocycles. The van der Waals surface area contributed by atoms with E-state index in [0.717, 1.165) is 13.1 Å². The van der Waals surface area contributed by atoms with Crippen molar-refractivity contribution in [2.24, 2.45) is 5.14 Å². The zero-order valence-corrected chi connectivity index (χ0v) is 9.24. The van der Waals surface area contributed by atoms with Crippen LogP contribution in [0.1, 0.15) is 17.6 Å². The topological polar surface area (TPSA) is 116 Å². The molecule has 10 heteroatoms. The quantitative estimate of drug-likeness (QED) is 0.644. The molecule has 1 aromatic heterocycles. The minimum Gasteiger partial charge on any atom is -0.258 e. The van der Waals surface area contributed by atoms with Gasteiger partial charge in [-0.25, -0.2) is 27.3 Å². The number of hydrogen-bond acceptors (Lipinski definition) is 5. The van der Waals surface area contributed by atoms with Crippen LogP contribution in [0, 0.1) is 17.0 Å². The van der Waals surface area contributed by atoms with Gasteiger partial charge in [-0.2, -0.15) is 0 Å². The number of aryl methyl sites for hydroxylation is 1. The number of halogens is 2. The van der Waals surface area contributed by atoms with E-state index in [-0.39, 0.29) is 5.56 Å². The van der Waals surface area contributed by atoms with Crippen molar-refractivity contribution in [3.05, 3.63) is 27.4 Å². The normalized spacial score (nSPS) is 11.8. The Morgan fingerprint density at radius 2 is 2.06 bits per heavy atom. The Hall–Kier alpha value is -1.68. The lowest BCUT2D eigenvalue weighted by Crippen LogP contribution is -2.17. The minimum absolute atomic E-state index is 0.181. The Kier molecular flexibility index (Phi) is 3.38. The molecule has 0 bridgehead atoms. The standard InChI is InChI=1S/C7H7F2N3O4S/c1-3-2-11-7(17(10,15)16)5(12(13)14)4(3)6(8)9/h2,6H,1H3,(H2,10,15,16). The Balaban J connectivity index is 3.78. The highest BCUT2D eigenvalue weighted by molar-refractivity contribution is 7.89. The van der Waals surface area contributed by atoms with Crippen LogP contribution < -0.4 is 5.14 Å². The van der Waals surface area contributed by atoms with E-state index in [4.69, 9.17) is 0 Å². The largest absolute Gasteiger partial charge is 0.317 e. The van der Waals surface area contributed by atoms with Crippen LogP contribution in [0.5, 0.6) is 0 Å². The number of alkyl halides is 2. The number of pyridine rings is 1. The summed E-state index contributed by atoms with van der Waals surface area (Å²) in [5.41, 5.74) is -2.45. The predicted octanol–water partition coefficient (Wildman–Crippen LogP) is 0.883. The lowest BCUT2D eigenvalue weighted by atomic mass is 10.1. The Bertz CT molecular complexity index is 573. The van der Waals surface area contributed by atoms with Crippen molar-refractivity contribution in [1.82, 2.24) is 4.98 Å². The summed E-state index contributed by atoms with van der Waals surface area (Å²) in [6, 6.07) is 0. The highest BCUT2D eigenvalue weighted by atomic mass is 32.2. The highest BCUT2D eigenvalue weighted by Gasteiger charge is 2.33. The lowest BCUT2D eigenvalue weighted by Gasteiger charge is -2.07. The fraction of sp³-hybridized carbons (Fsp3) is 0.286. The summed E-state index contributed by atoms with van der Waals surface area (Å²) in [5, 5.41) is 14.2. The third-order valence-electron chi connectivity index (χ3n) is 1.93. The molecule has 0 fully saturated rings. The minimum atomic E-state index is -4.54. The second-order valence-corrected chi connectivity index (χ2v) is 4.59. The van der Waals surface area contributed by atoms with Gasteiger partial charge in [0.05, 0.1) is 4.92 Å². The molecular formula is C7H7F2N3O4S. The predicted molar refractivity (Wildman–Crippen MR) is 52.0 cm³/mol. The summed E-state index contributed by atoms with van der Waals surface area (Å²) in [4.78, 5) is 12.6. The molecule has 0 amide bonds. The summed E-state index contributed by atoms with van der Waals surface area (Å²) in [7, 11) is -4.54. The maximum Gasteiger partial charge on any atom is 0.317 e. The van der Waals surface area contributed by atoms with Crippen molar-refractivity contribution >= 4 is 15.7 Å². The smallest absolute Gasteiger partial charge is 0.258 e. The first-order chi connectivity index (χ1) is 7.66. The van der Waals surface area contributed by atoms with E-state index in [1.807, 2.05) is 0 Å². The van der Waals surface area contributed by atoms with Gasteiger partial charge in [-0.3, -0.25) is 10.1 Å². The van der Waals surface area contributed by atoms with Gasteiger partial charge in [0.2, 0.25) is 5.03 Å². The number of nitro groups is 1. The van der Waals surface area contributed by atoms with Crippen LogP contribution in [0.4, 0.5) is 14.5 Å². The summed E-state index contributed by atoms with van der Waals surface area (Å²) in [5.74, 6) is 0. The number of rotatable bonds is 3. The first-order valence-electron chi connectivity index (χ1n) is 4.11. The molecule has 94 valence electrons. The van der Waals surface area contributed by atoms with Gasteiger partial charge in [0.1, 0.15) is 5.56 Å². The molecule has 0 aliphatic heterocycles. The molecule has 1 rings (SSSR count). The summed E-state index contributed by atoms with van der Waals surface area (Å²) in [6.45, 7) is 1.16. The van der Waals surface area contributed by atoms with E-state index < -0.39 is 37.6 Å². The molecule has 2 N–H and O–H groups in total. The maximum atomic E-state index is 12.6. The zero-order valence-electron chi connectivity index (χ0n) is 8.42. The van der Waals surface area contributed by atoms with Gasteiger partial charge in [0.15, 0.2) is 0 Å². The molecule has 7 nitrogen and oxygen atoms in total. The van der Waals surface area contributed by atoms with Crippen molar-refractivity contribution < 1.29 is 22.1 Å². The molecule has 17 heavy (non-hydrogen) atoms. The van der Waals surface area contributed by atoms with Gasteiger partial charge in [0.25, 0.3) is 16.4 Å². The van der Waals surface area contributed by atoms with Crippen LogP contribution in [-0.4, -0.2) is 18.3 Å². The van der Waals surface area contributed by atoms with Crippen LogP contribution in [-0.2, 0) is 10.0 Å². The monoisotopic (exact) mass is 267 g/mol. The van der Waals surface area contributed by atoms with Gasteiger partial charge in [-0.15, -0.1) is 0 Å². The molecule has 0 aliphatic carbocycles. The van der Waals surface area contributed by atoms with Crippen molar-refractivity contribution in [3.8, 4) is 0 Å². The lowest BCUT2D eigenvalue weighted by molar-refractivity contribution is -0.389. The molecule has 0 aromatic carbocycles. The molecular weight excluding hydrogens is 260 g/mol. The van der Waals surface area contributed by atoms with E-state index in [1.165, 1.54) is 0 Å². The van der Waals surface area contributed by atoms with Crippen LogP contribution in [0.2, 0.25) is 0 Å². The molecule has 0 unspecified atom stereocenters. The molecule has 0 saturated heterocycles. The van der Waals surface area contributed by atoms with Crippen LogP contribution in [0.15, 0.2) is 11.2 Å². The molecule has 0 radical (unpaired) electrons. The summed E-state index contributed by atoms with van der Waals surface area (Å²) < 4.78 is 47.3. The molecule has 0 aliphatic rings. The number of nitrogens with two attached hydrogens (primary N) is 1. The average molecular weight is 267 g/mol. The van der Waals surface area contributed by atoms with Crippen LogP contribution in [0.25, 0.3) is 0 Å². The van der Waals surface area contributed by atoms with Crippen molar-refractivity contribution in [2.75, 3.05) is 0 Å². The molecule has 1 aromatic rings. The summed E-state index contributed by atoms with van der Waals surface area (Å²) >= 11 is 0. The second kappa shape index (κ2) is 4.30. The van der Waals surface area contributed by atoms with E-state index >= 15 is 0 Å². The Morgan fingerprint density at radius 1 is 1.53 bits per heavy atom. The zero-order chi connectivity index (χ0) is 13.4. The van der Waals surface area contributed by atoms with Gasteiger partial charge in [-0.1, -0.05) is 0 Å². The SMILES string of the molecule is Cc1cnc(S(N)(=O)=O)c([N+](=O)[O-])c1C(F)F. The third-order valence-corrected chi connectivity index (χ3v) is 2.77. The molecule has 0 atom stereocenters. The van der Waals surface area contributed by atoms with E-state index in [9.17, 15) is 27.3 Å². The van der Waals surface area contributed by atoms with Crippen LogP contribution >= 0.6 is 0 Å². The number of nitrogens with zero attached hydrogens (tertiary/aromatic N) is 2. The summed E-state index contributed by atoms with van der Waals surface area (Å²) in [6.07, 6.45) is -2.40. The van der Waals surface area contributed by atoms with Crippen LogP contribution in [0.3, 0.4) is 0 Å². The fourth-order valence-corrected chi connectivity index (χ4v) is 1.90. The Labute approximate surface area is 94.5 Å². The van der Waals surface area contributed by atoms with Crippen molar-refractivity contribution in [3.63, 3.8) is 0 Å².